The Kier molecular flexibility index (Phi) is 5.51. The monoisotopic (exact) mass is 286 g/mol. The number of unbranched alkanes of at least 4 members (excludes halogenated alkanes) is 3. The van der Waals surface area contributed by atoms with Gasteiger partial charge in [-0.1, -0.05) is 50.5 Å². The Morgan fingerprint density at radius 1 is 1.19 bits per heavy atom. The third kappa shape index (κ3) is 3.70. The third-order valence-electron chi connectivity index (χ3n) is 3.49. The second kappa shape index (κ2) is 7.59. The van der Waals surface area contributed by atoms with E-state index in [1.807, 2.05) is 24.3 Å². The maximum Gasteiger partial charge on any atom is 0.253 e. The Balaban J connectivity index is 2.13. The van der Waals surface area contributed by atoms with Crippen LogP contribution in [0.5, 0.6) is 0 Å². The molecule has 0 unspecified atom stereocenters. The highest BCUT2D eigenvalue weighted by Gasteiger charge is 2.12. The quantitative estimate of drug-likeness (QED) is 0.415. The molecule has 0 bridgehead atoms. The van der Waals surface area contributed by atoms with Gasteiger partial charge in [0.2, 0.25) is 0 Å². The number of amides is 1. The number of aromatic nitrogens is 1. The van der Waals surface area contributed by atoms with Crippen LogP contribution in [0, 0.1) is 0 Å². The molecule has 2 aromatic rings. The van der Waals surface area contributed by atoms with E-state index >= 15 is 0 Å². The Labute approximate surface area is 124 Å². The molecule has 2 rings (SSSR count). The van der Waals surface area contributed by atoms with Gasteiger partial charge in [0.15, 0.2) is 0 Å². The summed E-state index contributed by atoms with van der Waals surface area (Å²) < 4.78 is 0. The molecule has 0 fully saturated rings. The van der Waals surface area contributed by atoms with E-state index in [9.17, 15) is 4.79 Å². The zero-order valence-corrected chi connectivity index (χ0v) is 12.4. The van der Waals surface area contributed by atoms with Crippen molar-refractivity contribution in [3.63, 3.8) is 0 Å². The second-order valence-corrected chi connectivity index (χ2v) is 5.03. The first-order chi connectivity index (χ1) is 10.3. The lowest BCUT2D eigenvalue weighted by Crippen LogP contribution is -2.25. The Bertz CT molecular complexity index is 612. The molecule has 1 aromatic heterocycles. The number of fused-ring (bicyclic) bond motifs is 1. The van der Waals surface area contributed by atoms with E-state index in [1.54, 1.807) is 6.20 Å². The van der Waals surface area contributed by atoms with Crippen LogP contribution in [0.1, 0.15) is 43.0 Å². The normalized spacial score (nSPS) is 10.6. The summed E-state index contributed by atoms with van der Waals surface area (Å²) >= 11 is 0. The number of nitrogen functional groups attached to an aromatic ring is 1. The number of benzene rings is 1. The second-order valence-electron chi connectivity index (χ2n) is 5.03. The number of rotatable bonds is 7. The van der Waals surface area contributed by atoms with Crippen LogP contribution in [0.2, 0.25) is 0 Å². The third-order valence-corrected chi connectivity index (χ3v) is 3.49. The number of pyridine rings is 1. The van der Waals surface area contributed by atoms with Crippen molar-refractivity contribution < 1.29 is 4.79 Å². The first-order valence-corrected chi connectivity index (χ1v) is 7.40. The maximum atomic E-state index is 12.3. The van der Waals surface area contributed by atoms with Crippen molar-refractivity contribution in [1.29, 1.82) is 0 Å². The van der Waals surface area contributed by atoms with Gasteiger partial charge in [-0.2, -0.15) is 0 Å². The molecule has 0 radical (unpaired) electrons. The number of carbonyl (C=O) groups excluding carboxylic acids is 1. The molecular weight excluding hydrogens is 264 g/mol. The number of carbonyl (C=O) groups is 1. The molecule has 21 heavy (non-hydrogen) atoms. The minimum Gasteiger partial charge on any atom is -0.352 e. The standard InChI is InChI=1S/C16H22N4O/c1-2-3-4-7-10-18-16(21)14-11-19-15(20-17)13-9-6-5-8-12(13)14/h5-6,8-9,11H,2-4,7,10,17H2,1H3,(H,18,21)(H,19,20). The highest BCUT2D eigenvalue weighted by Crippen LogP contribution is 2.23. The molecule has 1 aromatic carbocycles. The van der Waals surface area contributed by atoms with Gasteiger partial charge in [0, 0.05) is 18.1 Å². The van der Waals surface area contributed by atoms with E-state index in [2.05, 4.69) is 22.7 Å². The molecule has 5 nitrogen and oxygen atoms in total. The molecule has 5 heteroatoms. The van der Waals surface area contributed by atoms with Gasteiger partial charge < -0.3 is 10.7 Å². The predicted octanol–water partition coefficient (Wildman–Crippen LogP) is 2.83. The van der Waals surface area contributed by atoms with Crippen molar-refractivity contribution in [3.05, 3.63) is 36.0 Å². The zero-order valence-electron chi connectivity index (χ0n) is 12.4. The van der Waals surface area contributed by atoms with Crippen molar-refractivity contribution >= 4 is 22.5 Å². The Morgan fingerprint density at radius 2 is 1.95 bits per heavy atom. The summed E-state index contributed by atoms with van der Waals surface area (Å²) in [6.45, 7) is 2.87. The van der Waals surface area contributed by atoms with Crippen LogP contribution >= 0.6 is 0 Å². The Hall–Kier alpha value is -2.14. The summed E-state index contributed by atoms with van der Waals surface area (Å²) in [6.07, 6.45) is 6.12. The average Bonchev–Trinajstić information content (AvgIpc) is 2.53. The van der Waals surface area contributed by atoms with Crippen molar-refractivity contribution in [2.45, 2.75) is 32.6 Å². The highest BCUT2D eigenvalue weighted by molar-refractivity contribution is 6.09. The van der Waals surface area contributed by atoms with Crippen LogP contribution in [0.25, 0.3) is 10.8 Å². The lowest BCUT2D eigenvalue weighted by Gasteiger charge is -2.10. The van der Waals surface area contributed by atoms with E-state index in [4.69, 9.17) is 5.84 Å². The van der Waals surface area contributed by atoms with Crippen LogP contribution in [0.4, 0.5) is 5.82 Å². The fourth-order valence-electron chi connectivity index (χ4n) is 2.34. The first-order valence-electron chi connectivity index (χ1n) is 7.40. The van der Waals surface area contributed by atoms with Crippen molar-refractivity contribution in [3.8, 4) is 0 Å². The average molecular weight is 286 g/mol. The Morgan fingerprint density at radius 3 is 2.67 bits per heavy atom. The number of hydrogen-bond donors (Lipinski definition) is 3. The summed E-state index contributed by atoms with van der Waals surface area (Å²) in [4.78, 5) is 16.5. The van der Waals surface area contributed by atoms with E-state index in [0.29, 0.717) is 17.9 Å². The molecule has 0 spiro atoms. The summed E-state index contributed by atoms with van der Waals surface area (Å²) in [5.74, 6) is 5.95. The molecule has 112 valence electrons. The number of nitrogens with one attached hydrogen (secondary N) is 2. The van der Waals surface area contributed by atoms with E-state index in [1.165, 1.54) is 12.8 Å². The number of hydrazine groups is 1. The minimum absolute atomic E-state index is 0.0845. The number of nitrogens with zero attached hydrogens (tertiary/aromatic N) is 1. The van der Waals surface area contributed by atoms with Crippen LogP contribution in [-0.2, 0) is 0 Å². The highest BCUT2D eigenvalue weighted by atomic mass is 16.1. The van der Waals surface area contributed by atoms with Crippen molar-refractivity contribution in [2.24, 2.45) is 5.84 Å². The van der Waals surface area contributed by atoms with Gasteiger partial charge in [-0.05, 0) is 11.8 Å². The first kappa shape index (κ1) is 15.3. The van der Waals surface area contributed by atoms with Gasteiger partial charge in [-0.25, -0.2) is 10.8 Å². The lowest BCUT2D eigenvalue weighted by atomic mass is 10.1. The van der Waals surface area contributed by atoms with E-state index in [-0.39, 0.29) is 5.91 Å². The van der Waals surface area contributed by atoms with Crippen LogP contribution < -0.4 is 16.6 Å². The van der Waals surface area contributed by atoms with Gasteiger partial charge in [0.1, 0.15) is 5.82 Å². The largest absolute Gasteiger partial charge is 0.352 e. The van der Waals surface area contributed by atoms with Crippen molar-refractivity contribution in [2.75, 3.05) is 12.0 Å². The fourth-order valence-corrected chi connectivity index (χ4v) is 2.34. The molecule has 0 saturated carbocycles. The minimum atomic E-state index is -0.0845. The molecule has 1 heterocycles. The fraction of sp³-hybridized carbons (Fsp3) is 0.375. The topological polar surface area (TPSA) is 80.0 Å². The van der Waals surface area contributed by atoms with Crippen LogP contribution in [-0.4, -0.2) is 17.4 Å². The van der Waals surface area contributed by atoms with Crippen LogP contribution in [0.3, 0.4) is 0 Å². The SMILES string of the molecule is CCCCCCNC(=O)c1cnc(NN)c2ccccc12. The molecule has 1 amide bonds. The summed E-state index contributed by atoms with van der Waals surface area (Å²) in [7, 11) is 0. The van der Waals surface area contributed by atoms with Crippen molar-refractivity contribution in [1.82, 2.24) is 10.3 Å². The van der Waals surface area contributed by atoms with Gasteiger partial charge in [0.05, 0.1) is 5.56 Å². The number of nitrogens with two attached hydrogens (primary N) is 1. The summed E-state index contributed by atoms with van der Waals surface area (Å²) in [5.41, 5.74) is 3.14. The van der Waals surface area contributed by atoms with Gasteiger partial charge >= 0.3 is 0 Å². The predicted molar refractivity (Wildman–Crippen MR) is 86.0 cm³/mol. The molecule has 0 aliphatic heterocycles. The lowest BCUT2D eigenvalue weighted by molar-refractivity contribution is 0.0954. The number of hydrogen-bond acceptors (Lipinski definition) is 4. The molecular formula is C16H22N4O. The number of anilines is 1. The maximum absolute atomic E-state index is 12.3. The summed E-state index contributed by atoms with van der Waals surface area (Å²) in [6, 6.07) is 7.61. The van der Waals surface area contributed by atoms with E-state index < -0.39 is 0 Å². The smallest absolute Gasteiger partial charge is 0.253 e. The molecule has 0 atom stereocenters. The van der Waals surface area contributed by atoms with Gasteiger partial charge in [-0.15, -0.1) is 0 Å². The molecule has 0 aliphatic rings. The van der Waals surface area contributed by atoms with Gasteiger partial charge in [-0.3, -0.25) is 4.79 Å². The van der Waals surface area contributed by atoms with Crippen LogP contribution in [0.15, 0.2) is 30.5 Å². The molecule has 0 saturated heterocycles. The van der Waals surface area contributed by atoms with E-state index in [0.717, 1.165) is 23.6 Å². The molecule has 4 N–H and O–H groups in total. The van der Waals surface area contributed by atoms with Gasteiger partial charge in [0.25, 0.3) is 5.91 Å². The summed E-state index contributed by atoms with van der Waals surface area (Å²) in [5, 5.41) is 4.66. The molecule has 0 aliphatic carbocycles. The zero-order chi connectivity index (χ0) is 15.1.